The van der Waals surface area contributed by atoms with Crippen LogP contribution in [0.3, 0.4) is 0 Å². The molecule has 3 aromatic carbocycles. The van der Waals surface area contributed by atoms with Gasteiger partial charge in [-0.3, -0.25) is 9.78 Å². The molecule has 4 aromatic rings. The highest BCUT2D eigenvalue weighted by Crippen LogP contribution is 2.57. The summed E-state index contributed by atoms with van der Waals surface area (Å²) in [6.07, 6.45) is 3.59. The van der Waals surface area contributed by atoms with Gasteiger partial charge in [-0.25, -0.2) is 0 Å². The molecule has 0 aliphatic carbocycles. The second-order valence-electron chi connectivity index (χ2n) is 7.23. The summed E-state index contributed by atoms with van der Waals surface area (Å²) in [7, 11) is 0. The fourth-order valence-electron chi connectivity index (χ4n) is 4.48. The van der Waals surface area contributed by atoms with Crippen LogP contribution in [-0.2, 0) is 10.2 Å². The normalized spacial score (nSPS) is 17.6. The van der Waals surface area contributed by atoms with Crippen molar-refractivity contribution in [3.63, 3.8) is 0 Å². The Morgan fingerprint density at radius 3 is 1.66 bits per heavy atom. The third-order valence-electron chi connectivity index (χ3n) is 5.74. The van der Waals surface area contributed by atoms with Crippen molar-refractivity contribution in [1.29, 1.82) is 0 Å². The van der Waals surface area contributed by atoms with Crippen molar-refractivity contribution in [3.05, 3.63) is 132 Å². The van der Waals surface area contributed by atoms with E-state index in [0.29, 0.717) is 0 Å². The number of benzene rings is 3. The van der Waals surface area contributed by atoms with Gasteiger partial charge >= 0.3 is 0 Å². The maximum absolute atomic E-state index is 14.0. The van der Waals surface area contributed by atoms with E-state index in [-0.39, 0.29) is 11.9 Å². The van der Waals surface area contributed by atoms with Crippen LogP contribution in [0.15, 0.2) is 116 Å². The van der Waals surface area contributed by atoms with Crippen molar-refractivity contribution in [2.45, 2.75) is 11.5 Å². The molecule has 1 fully saturated rings. The van der Waals surface area contributed by atoms with Crippen LogP contribution in [0.1, 0.15) is 22.7 Å². The topological polar surface area (TPSA) is 33.2 Å². The third-order valence-corrected chi connectivity index (χ3v) is 5.74. The number of β-lactam (4-membered cyclic amide) rings is 1. The van der Waals surface area contributed by atoms with Crippen LogP contribution in [0.5, 0.6) is 0 Å². The molecule has 1 amide bonds. The highest BCUT2D eigenvalue weighted by molar-refractivity contribution is 6.12. The molecule has 140 valence electrons. The monoisotopic (exact) mass is 376 g/mol. The zero-order valence-electron chi connectivity index (χ0n) is 15.8. The number of anilines is 1. The largest absolute Gasteiger partial charge is 0.302 e. The quantitative estimate of drug-likeness (QED) is 0.461. The molecule has 1 aliphatic heterocycles. The van der Waals surface area contributed by atoms with Gasteiger partial charge in [0.15, 0.2) is 0 Å². The van der Waals surface area contributed by atoms with E-state index in [1.807, 2.05) is 83.8 Å². The minimum atomic E-state index is -0.778. The second kappa shape index (κ2) is 7.02. The van der Waals surface area contributed by atoms with Crippen molar-refractivity contribution in [3.8, 4) is 0 Å². The maximum Gasteiger partial charge on any atom is 0.245 e. The van der Waals surface area contributed by atoms with E-state index in [9.17, 15) is 4.79 Å². The van der Waals surface area contributed by atoms with E-state index in [4.69, 9.17) is 0 Å². The molecule has 0 saturated carbocycles. The van der Waals surface area contributed by atoms with Gasteiger partial charge < -0.3 is 4.90 Å². The number of carbonyl (C=O) groups excluding carboxylic acids is 1. The molecule has 0 N–H and O–H groups in total. The summed E-state index contributed by atoms with van der Waals surface area (Å²) in [6, 6.07) is 34.0. The predicted octanol–water partition coefficient (Wildman–Crippen LogP) is 5.16. The molecule has 1 unspecified atom stereocenters. The van der Waals surface area contributed by atoms with E-state index >= 15 is 0 Å². The number of rotatable bonds is 4. The van der Waals surface area contributed by atoms with Crippen LogP contribution in [0.2, 0.25) is 0 Å². The van der Waals surface area contributed by atoms with Crippen molar-refractivity contribution in [1.82, 2.24) is 4.98 Å². The van der Waals surface area contributed by atoms with Crippen LogP contribution >= 0.6 is 0 Å². The Bertz CT molecular complexity index is 1070. The van der Waals surface area contributed by atoms with E-state index in [1.165, 1.54) is 0 Å². The average Bonchev–Trinajstić information content (AvgIpc) is 2.80. The zero-order chi connectivity index (χ0) is 19.7. The summed E-state index contributed by atoms with van der Waals surface area (Å²) in [4.78, 5) is 20.1. The first-order chi connectivity index (χ1) is 14.3. The van der Waals surface area contributed by atoms with Crippen molar-refractivity contribution in [2.24, 2.45) is 0 Å². The van der Waals surface area contributed by atoms with Gasteiger partial charge in [-0.15, -0.1) is 0 Å². The lowest BCUT2D eigenvalue weighted by Gasteiger charge is -2.57. The van der Waals surface area contributed by atoms with E-state index in [0.717, 1.165) is 22.4 Å². The number of para-hydroxylation sites is 1. The van der Waals surface area contributed by atoms with Crippen molar-refractivity contribution < 1.29 is 4.79 Å². The van der Waals surface area contributed by atoms with Crippen LogP contribution in [0, 0.1) is 0 Å². The molecule has 0 bridgehead atoms. The molecule has 0 spiro atoms. The summed E-state index contributed by atoms with van der Waals surface area (Å²) < 4.78 is 0. The smallest absolute Gasteiger partial charge is 0.245 e. The average molecular weight is 376 g/mol. The first kappa shape index (κ1) is 17.4. The van der Waals surface area contributed by atoms with Crippen LogP contribution in [0.25, 0.3) is 0 Å². The van der Waals surface area contributed by atoms with Gasteiger partial charge in [-0.05, 0) is 41.0 Å². The fraction of sp³-hybridized carbons (Fsp3) is 0.0769. The lowest BCUT2D eigenvalue weighted by Crippen LogP contribution is -2.67. The number of carbonyl (C=O) groups is 1. The number of nitrogens with zero attached hydrogens (tertiary/aromatic N) is 2. The van der Waals surface area contributed by atoms with Gasteiger partial charge in [-0.2, -0.15) is 0 Å². The van der Waals surface area contributed by atoms with E-state index in [2.05, 4.69) is 29.2 Å². The molecule has 1 saturated heterocycles. The van der Waals surface area contributed by atoms with Gasteiger partial charge in [-0.1, -0.05) is 78.9 Å². The molecule has 2 heterocycles. The number of hydrogen-bond donors (Lipinski definition) is 0. The Morgan fingerprint density at radius 1 is 0.655 bits per heavy atom. The Balaban J connectivity index is 1.78. The maximum atomic E-state index is 14.0. The van der Waals surface area contributed by atoms with E-state index < -0.39 is 5.41 Å². The van der Waals surface area contributed by atoms with Crippen molar-refractivity contribution >= 4 is 11.6 Å². The molecule has 1 atom stereocenters. The summed E-state index contributed by atoms with van der Waals surface area (Å²) in [5.74, 6) is 0.0860. The van der Waals surface area contributed by atoms with Crippen LogP contribution in [0.4, 0.5) is 5.69 Å². The van der Waals surface area contributed by atoms with Gasteiger partial charge in [0.25, 0.3) is 0 Å². The van der Waals surface area contributed by atoms with Gasteiger partial charge in [0.2, 0.25) is 5.91 Å². The lowest BCUT2D eigenvalue weighted by molar-refractivity contribution is -0.131. The molecule has 1 aromatic heterocycles. The Kier molecular flexibility index (Phi) is 4.21. The highest BCUT2D eigenvalue weighted by atomic mass is 16.2. The molecule has 5 rings (SSSR count). The van der Waals surface area contributed by atoms with Gasteiger partial charge in [0, 0.05) is 18.1 Å². The van der Waals surface area contributed by atoms with Crippen LogP contribution in [-0.4, -0.2) is 10.9 Å². The molecular formula is C26H20N2O. The van der Waals surface area contributed by atoms with Crippen LogP contribution < -0.4 is 4.90 Å². The van der Waals surface area contributed by atoms with Gasteiger partial charge in [0.1, 0.15) is 5.41 Å². The Hall–Kier alpha value is -3.72. The summed E-state index contributed by atoms with van der Waals surface area (Å²) >= 11 is 0. The first-order valence-electron chi connectivity index (χ1n) is 9.73. The minimum absolute atomic E-state index is 0.0860. The molecule has 0 radical (unpaired) electrons. The lowest BCUT2D eigenvalue weighted by atomic mass is 9.59. The molecule has 29 heavy (non-hydrogen) atoms. The summed E-state index contributed by atoms with van der Waals surface area (Å²) in [5, 5.41) is 0. The highest BCUT2D eigenvalue weighted by Gasteiger charge is 2.63. The number of aromatic nitrogens is 1. The Labute approximate surface area is 170 Å². The number of hydrogen-bond acceptors (Lipinski definition) is 2. The predicted molar refractivity (Wildman–Crippen MR) is 115 cm³/mol. The Morgan fingerprint density at radius 2 is 1.14 bits per heavy atom. The molecule has 3 nitrogen and oxygen atoms in total. The first-order valence-corrected chi connectivity index (χ1v) is 9.73. The minimum Gasteiger partial charge on any atom is -0.302 e. The van der Waals surface area contributed by atoms with E-state index in [1.54, 1.807) is 12.4 Å². The molecular weight excluding hydrogens is 356 g/mol. The molecule has 1 aliphatic rings. The summed E-state index contributed by atoms with van der Waals surface area (Å²) in [6.45, 7) is 0. The fourth-order valence-corrected chi connectivity index (χ4v) is 4.48. The molecule has 3 heteroatoms. The van der Waals surface area contributed by atoms with Crippen molar-refractivity contribution in [2.75, 3.05) is 4.90 Å². The SMILES string of the molecule is O=C1N(c2ccccc2)C(c2ccncc2)C1(c1ccccc1)c1ccccc1. The zero-order valence-corrected chi connectivity index (χ0v) is 15.8. The number of amides is 1. The standard InChI is InChI=1S/C26H20N2O/c29-25-26(21-10-4-1-5-11-21,22-12-6-2-7-13-22)24(20-16-18-27-19-17-20)28(25)23-14-8-3-9-15-23/h1-19,24H. The third kappa shape index (κ3) is 2.59. The summed E-state index contributed by atoms with van der Waals surface area (Å²) in [5.41, 5.74) is 3.20. The van der Waals surface area contributed by atoms with Gasteiger partial charge in [0.05, 0.1) is 6.04 Å². The number of pyridine rings is 1. The second-order valence-corrected chi connectivity index (χ2v) is 7.23.